The Morgan fingerprint density at radius 1 is 1.50 bits per heavy atom. The molecule has 0 bridgehead atoms. The number of hydrogen-bond acceptors (Lipinski definition) is 1. The van der Waals surface area contributed by atoms with Crippen LogP contribution in [-0.2, 0) is 0 Å². The van der Waals surface area contributed by atoms with Gasteiger partial charge in [-0.2, -0.15) is 0 Å². The van der Waals surface area contributed by atoms with E-state index in [1.807, 2.05) is 0 Å². The molecule has 1 rings (SSSR count). The standard InChI is InChI=1S/C10H14BrN/c1-7-5-9(8(2)6-12)3-4-10(7)11/h3-5,8H,6,12H2,1-2H3. The van der Waals surface area contributed by atoms with Crippen LogP contribution in [0.15, 0.2) is 22.7 Å². The highest BCUT2D eigenvalue weighted by Crippen LogP contribution is 2.21. The van der Waals surface area contributed by atoms with Gasteiger partial charge in [0.05, 0.1) is 0 Å². The zero-order valence-electron chi connectivity index (χ0n) is 7.47. The molecule has 1 atom stereocenters. The van der Waals surface area contributed by atoms with Crippen molar-refractivity contribution >= 4 is 15.9 Å². The molecule has 0 aliphatic rings. The Morgan fingerprint density at radius 3 is 2.67 bits per heavy atom. The van der Waals surface area contributed by atoms with Crippen LogP contribution in [-0.4, -0.2) is 6.54 Å². The van der Waals surface area contributed by atoms with E-state index < -0.39 is 0 Å². The number of rotatable bonds is 2. The lowest BCUT2D eigenvalue weighted by molar-refractivity contribution is 0.773. The van der Waals surface area contributed by atoms with Gasteiger partial charge in [0.1, 0.15) is 0 Å². The van der Waals surface area contributed by atoms with Crippen LogP contribution in [0.2, 0.25) is 0 Å². The van der Waals surface area contributed by atoms with E-state index in [4.69, 9.17) is 5.73 Å². The molecule has 0 fully saturated rings. The summed E-state index contributed by atoms with van der Waals surface area (Å²) in [6, 6.07) is 6.38. The Labute approximate surface area is 82.1 Å². The maximum Gasteiger partial charge on any atom is 0.0204 e. The van der Waals surface area contributed by atoms with Crippen molar-refractivity contribution in [2.75, 3.05) is 6.54 Å². The van der Waals surface area contributed by atoms with Crippen molar-refractivity contribution in [3.05, 3.63) is 33.8 Å². The fourth-order valence-electron chi connectivity index (χ4n) is 1.11. The summed E-state index contributed by atoms with van der Waals surface area (Å²) in [5.41, 5.74) is 8.17. The van der Waals surface area contributed by atoms with Crippen LogP contribution in [0.3, 0.4) is 0 Å². The summed E-state index contributed by atoms with van der Waals surface area (Å²) in [5.74, 6) is 0.455. The summed E-state index contributed by atoms with van der Waals surface area (Å²) in [6.45, 7) is 4.95. The quantitative estimate of drug-likeness (QED) is 0.827. The molecule has 0 saturated carbocycles. The maximum atomic E-state index is 5.58. The van der Waals surface area contributed by atoms with Crippen molar-refractivity contribution in [1.29, 1.82) is 0 Å². The van der Waals surface area contributed by atoms with E-state index >= 15 is 0 Å². The molecule has 0 radical (unpaired) electrons. The van der Waals surface area contributed by atoms with Gasteiger partial charge in [0.2, 0.25) is 0 Å². The normalized spacial score (nSPS) is 13.0. The van der Waals surface area contributed by atoms with E-state index in [0.29, 0.717) is 12.5 Å². The van der Waals surface area contributed by atoms with Crippen LogP contribution in [0, 0.1) is 6.92 Å². The minimum Gasteiger partial charge on any atom is -0.330 e. The molecule has 2 heteroatoms. The minimum absolute atomic E-state index is 0.455. The topological polar surface area (TPSA) is 26.0 Å². The molecule has 1 nitrogen and oxygen atoms in total. The molecule has 0 spiro atoms. The monoisotopic (exact) mass is 227 g/mol. The lowest BCUT2D eigenvalue weighted by Crippen LogP contribution is -2.08. The predicted octanol–water partition coefficient (Wildman–Crippen LogP) is 2.82. The number of nitrogens with two attached hydrogens (primary N) is 1. The summed E-state index contributed by atoms with van der Waals surface area (Å²) < 4.78 is 1.16. The molecule has 0 heterocycles. The van der Waals surface area contributed by atoms with Crippen LogP contribution >= 0.6 is 15.9 Å². The molecule has 0 amide bonds. The minimum atomic E-state index is 0.455. The second-order valence-corrected chi connectivity index (χ2v) is 4.00. The predicted molar refractivity (Wildman–Crippen MR) is 56.3 cm³/mol. The van der Waals surface area contributed by atoms with Gasteiger partial charge in [-0.05, 0) is 36.6 Å². The summed E-state index contributed by atoms with van der Waals surface area (Å²) >= 11 is 3.47. The first-order chi connectivity index (χ1) is 5.65. The number of hydrogen-bond donors (Lipinski definition) is 1. The van der Waals surface area contributed by atoms with E-state index in [1.54, 1.807) is 0 Å². The molecule has 12 heavy (non-hydrogen) atoms. The summed E-state index contributed by atoms with van der Waals surface area (Å²) in [6.07, 6.45) is 0. The molecule has 66 valence electrons. The van der Waals surface area contributed by atoms with Crippen LogP contribution in [0.4, 0.5) is 0 Å². The van der Waals surface area contributed by atoms with Crippen molar-refractivity contribution in [3.63, 3.8) is 0 Å². The Kier molecular flexibility index (Phi) is 3.29. The summed E-state index contributed by atoms with van der Waals surface area (Å²) in [5, 5.41) is 0. The van der Waals surface area contributed by atoms with Gasteiger partial charge in [0.25, 0.3) is 0 Å². The zero-order valence-corrected chi connectivity index (χ0v) is 9.06. The Balaban J connectivity index is 2.96. The first-order valence-corrected chi connectivity index (χ1v) is 4.90. The molecular formula is C10H14BrN. The molecule has 1 unspecified atom stereocenters. The Morgan fingerprint density at radius 2 is 2.17 bits per heavy atom. The average molecular weight is 228 g/mol. The van der Waals surface area contributed by atoms with Crippen molar-refractivity contribution < 1.29 is 0 Å². The Hall–Kier alpha value is -0.340. The molecule has 0 aromatic heterocycles. The van der Waals surface area contributed by atoms with Gasteiger partial charge < -0.3 is 5.73 Å². The van der Waals surface area contributed by atoms with Gasteiger partial charge in [0, 0.05) is 4.47 Å². The van der Waals surface area contributed by atoms with Crippen molar-refractivity contribution in [2.45, 2.75) is 19.8 Å². The molecule has 1 aromatic carbocycles. The summed E-state index contributed by atoms with van der Waals surface area (Å²) in [7, 11) is 0. The number of halogens is 1. The molecule has 0 saturated heterocycles. The smallest absolute Gasteiger partial charge is 0.0204 e. The first kappa shape index (κ1) is 9.75. The highest BCUT2D eigenvalue weighted by Gasteiger charge is 2.03. The van der Waals surface area contributed by atoms with E-state index in [-0.39, 0.29) is 0 Å². The van der Waals surface area contributed by atoms with Crippen LogP contribution < -0.4 is 5.73 Å². The van der Waals surface area contributed by atoms with Gasteiger partial charge in [-0.25, -0.2) is 0 Å². The van der Waals surface area contributed by atoms with Crippen molar-refractivity contribution in [2.24, 2.45) is 5.73 Å². The van der Waals surface area contributed by atoms with Gasteiger partial charge in [-0.15, -0.1) is 0 Å². The highest BCUT2D eigenvalue weighted by molar-refractivity contribution is 9.10. The molecular weight excluding hydrogens is 214 g/mol. The van der Waals surface area contributed by atoms with Crippen molar-refractivity contribution in [1.82, 2.24) is 0 Å². The number of aryl methyl sites for hydroxylation is 1. The van der Waals surface area contributed by atoms with Crippen LogP contribution in [0.1, 0.15) is 24.0 Å². The third-order valence-corrected chi connectivity index (χ3v) is 2.99. The molecule has 1 aromatic rings. The van der Waals surface area contributed by atoms with Gasteiger partial charge >= 0.3 is 0 Å². The fraction of sp³-hybridized carbons (Fsp3) is 0.400. The molecule has 0 aliphatic heterocycles. The fourth-order valence-corrected chi connectivity index (χ4v) is 1.36. The SMILES string of the molecule is Cc1cc(C(C)CN)ccc1Br. The van der Waals surface area contributed by atoms with E-state index in [9.17, 15) is 0 Å². The largest absolute Gasteiger partial charge is 0.330 e. The second-order valence-electron chi connectivity index (χ2n) is 3.15. The second kappa shape index (κ2) is 4.06. The van der Waals surface area contributed by atoms with Gasteiger partial charge in [0.15, 0.2) is 0 Å². The van der Waals surface area contributed by atoms with Crippen molar-refractivity contribution in [3.8, 4) is 0 Å². The van der Waals surface area contributed by atoms with Crippen LogP contribution in [0.5, 0.6) is 0 Å². The molecule has 0 aliphatic carbocycles. The lowest BCUT2D eigenvalue weighted by Gasteiger charge is -2.09. The van der Waals surface area contributed by atoms with E-state index in [1.165, 1.54) is 11.1 Å². The number of benzene rings is 1. The maximum absolute atomic E-state index is 5.58. The first-order valence-electron chi connectivity index (χ1n) is 4.11. The third kappa shape index (κ3) is 2.08. The summed E-state index contributed by atoms with van der Waals surface area (Å²) in [4.78, 5) is 0. The Bertz CT molecular complexity index is 271. The van der Waals surface area contributed by atoms with Gasteiger partial charge in [-0.3, -0.25) is 0 Å². The lowest BCUT2D eigenvalue weighted by atomic mass is 10.00. The third-order valence-electron chi connectivity index (χ3n) is 2.10. The van der Waals surface area contributed by atoms with Crippen LogP contribution in [0.25, 0.3) is 0 Å². The van der Waals surface area contributed by atoms with E-state index in [2.05, 4.69) is 48.0 Å². The van der Waals surface area contributed by atoms with E-state index in [0.717, 1.165) is 4.47 Å². The molecule has 2 N–H and O–H groups in total. The zero-order chi connectivity index (χ0) is 9.14. The van der Waals surface area contributed by atoms with Gasteiger partial charge in [-0.1, -0.05) is 35.0 Å². The average Bonchev–Trinajstić information content (AvgIpc) is 2.08. The highest BCUT2D eigenvalue weighted by atomic mass is 79.9.